The second kappa shape index (κ2) is 5.97. The number of hydrogen-bond donors (Lipinski definition) is 1. The number of aryl methyl sites for hydroxylation is 2. The molecule has 0 amide bonds. The summed E-state index contributed by atoms with van der Waals surface area (Å²) in [5.41, 5.74) is 2.84. The second-order valence-electron chi connectivity index (χ2n) is 4.63. The molecule has 4 heteroatoms. The first-order valence-electron chi connectivity index (χ1n) is 6.67. The molecular formula is C15H20FN3. The summed E-state index contributed by atoms with van der Waals surface area (Å²) in [6.45, 7) is 7.60. The van der Waals surface area contributed by atoms with Gasteiger partial charge in [0.25, 0.3) is 0 Å². The quantitative estimate of drug-likeness (QED) is 0.896. The molecule has 0 aliphatic heterocycles. The molecule has 2 aromatic rings. The van der Waals surface area contributed by atoms with Crippen molar-refractivity contribution in [2.45, 2.75) is 33.4 Å². The van der Waals surface area contributed by atoms with Gasteiger partial charge in [0.15, 0.2) is 0 Å². The zero-order valence-electron chi connectivity index (χ0n) is 11.7. The monoisotopic (exact) mass is 261 g/mol. The number of benzene rings is 1. The molecule has 0 saturated heterocycles. The van der Waals surface area contributed by atoms with Crippen LogP contribution in [-0.4, -0.2) is 16.3 Å². The molecule has 0 saturated carbocycles. The Balaban J connectivity index is 2.35. The maximum absolute atomic E-state index is 13.4. The van der Waals surface area contributed by atoms with Crippen LogP contribution >= 0.6 is 0 Å². The highest BCUT2D eigenvalue weighted by atomic mass is 19.1. The van der Waals surface area contributed by atoms with Gasteiger partial charge in [-0.15, -0.1) is 0 Å². The van der Waals surface area contributed by atoms with E-state index < -0.39 is 0 Å². The van der Waals surface area contributed by atoms with Crippen molar-refractivity contribution in [1.29, 1.82) is 0 Å². The van der Waals surface area contributed by atoms with Gasteiger partial charge in [-0.1, -0.05) is 19.1 Å². The fourth-order valence-corrected chi connectivity index (χ4v) is 2.18. The van der Waals surface area contributed by atoms with Crippen LogP contribution in [0.15, 0.2) is 30.6 Å². The molecule has 1 atom stereocenters. The van der Waals surface area contributed by atoms with Gasteiger partial charge in [-0.05, 0) is 37.6 Å². The van der Waals surface area contributed by atoms with E-state index in [2.05, 4.69) is 24.3 Å². The molecule has 0 radical (unpaired) electrons. The van der Waals surface area contributed by atoms with Crippen LogP contribution in [0.3, 0.4) is 0 Å². The summed E-state index contributed by atoms with van der Waals surface area (Å²) < 4.78 is 15.3. The lowest BCUT2D eigenvalue weighted by atomic mass is 9.99. The van der Waals surface area contributed by atoms with E-state index in [4.69, 9.17) is 0 Å². The van der Waals surface area contributed by atoms with E-state index in [1.54, 1.807) is 6.92 Å². The van der Waals surface area contributed by atoms with Gasteiger partial charge in [-0.2, -0.15) is 5.10 Å². The maximum Gasteiger partial charge on any atom is 0.126 e. The Hall–Kier alpha value is -1.68. The number of halogens is 1. The smallest absolute Gasteiger partial charge is 0.126 e. The Morgan fingerprint density at radius 1 is 1.32 bits per heavy atom. The molecule has 102 valence electrons. The predicted octanol–water partition coefficient (Wildman–Crippen LogP) is 3.05. The third-order valence-electron chi connectivity index (χ3n) is 3.23. The van der Waals surface area contributed by atoms with E-state index in [1.165, 1.54) is 6.07 Å². The van der Waals surface area contributed by atoms with Gasteiger partial charge < -0.3 is 5.32 Å². The van der Waals surface area contributed by atoms with Crippen LogP contribution in [-0.2, 0) is 6.54 Å². The fraction of sp³-hybridized carbons (Fsp3) is 0.400. The van der Waals surface area contributed by atoms with Crippen LogP contribution in [0.4, 0.5) is 4.39 Å². The lowest BCUT2D eigenvalue weighted by Crippen LogP contribution is -2.21. The van der Waals surface area contributed by atoms with Crippen molar-refractivity contribution in [3.63, 3.8) is 0 Å². The van der Waals surface area contributed by atoms with Crippen molar-refractivity contribution in [3.05, 3.63) is 53.1 Å². The molecular weight excluding hydrogens is 241 g/mol. The first kappa shape index (κ1) is 13.7. The average molecular weight is 261 g/mol. The number of nitrogens with one attached hydrogen (secondary N) is 1. The third-order valence-corrected chi connectivity index (χ3v) is 3.23. The maximum atomic E-state index is 13.4. The third kappa shape index (κ3) is 3.01. The molecule has 1 aromatic carbocycles. The molecule has 0 aliphatic rings. The minimum atomic E-state index is -0.164. The summed E-state index contributed by atoms with van der Waals surface area (Å²) in [4.78, 5) is 0. The van der Waals surface area contributed by atoms with Crippen molar-refractivity contribution in [2.75, 3.05) is 6.54 Å². The number of nitrogens with zero attached hydrogens (tertiary/aromatic N) is 2. The molecule has 3 nitrogen and oxygen atoms in total. The van der Waals surface area contributed by atoms with Crippen molar-refractivity contribution >= 4 is 0 Å². The van der Waals surface area contributed by atoms with Crippen molar-refractivity contribution in [3.8, 4) is 0 Å². The molecule has 1 N–H and O–H groups in total. The molecule has 1 unspecified atom stereocenters. The van der Waals surface area contributed by atoms with Crippen LogP contribution in [0, 0.1) is 12.7 Å². The van der Waals surface area contributed by atoms with Crippen LogP contribution in [0.25, 0.3) is 0 Å². The van der Waals surface area contributed by atoms with E-state index in [9.17, 15) is 4.39 Å². The first-order valence-corrected chi connectivity index (χ1v) is 6.67. The Morgan fingerprint density at radius 2 is 2.11 bits per heavy atom. The summed E-state index contributed by atoms with van der Waals surface area (Å²) in [6.07, 6.45) is 3.90. The number of hydrogen-bond acceptors (Lipinski definition) is 2. The molecule has 1 heterocycles. The molecule has 0 fully saturated rings. The predicted molar refractivity (Wildman–Crippen MR) is 74.6 cm³/mol. The largest absolute Gasteiger partial charge is 0.306 e. The Labute approximate surface area is 113 Å². The van der Waals surface area contributed by atoms with E-state index in [1.807, 2.05) is 29.2 Å². The van der Waals surface area contributed by atoms with Gasteiger partial charge in [0.1, 0.15) is 5.82 Å². The summed E-state index contributed by atoms with van der Waals surface area (Å²) in [5, 5.41) is 7.73. The number of aromatic nitrogens is 2. The van der Waals surface area contributed by atoms with Gasteiger partial charge in [0, 0.05) is 18.3 Å². The highest BCUT2D eigenvalue weighted by Crippen LogP contribution is 2.23. The van der Waals surface area contributed by atoms with Gasteiger partial charge in [-0.3, -0.25) is 4.68 Å². The summed E-state index contributed by atoms with van der Waals surface area (Å²) in [6, 6.07) is 5.31. The zero-order valence-corrected chi connectivity index (χ0v) is 11.7. The highest BCUT2D eigenvalue weighted by molar-refractivity contribution is 5.32. The minimum absolute atomic E-state index is 0.0598. The lowest BCUT2D eigenvalue weighted by Gasteiger charge is -2.17. The van der Waals surface area contributed by atoms with Gasteiger partial charge in [0.2, 0.25) is 0 Å². The molecule has 0 bridgehead atoms. The number of rotatable bonds is 5. The summed E-state index contributed by atoms with van der Waals surface area (Å²) in [7, 11) is 0. The molecule has 1 aromatic heterocycles. The fourth-order valence-electron chi connectivity index (χ4n) is 2.18. The average Bonchev–Trinajstić information content (AvgIpc) is 2.88. The van der Waals surface area contributed by atoms with Gasteiger partial charge >= 0.3 is 0 Å². The van der Waals surface area contributed by atoms with Crippen molar-refractivity contribution < 1.29 is 4.39 Å². The van der Waals surface area contributed by atoms with E-state index in [-0.39, 0.29) is 11.9 Å². The van der Waals surface area contributed by atoms with Crippen molar-refractivity contribution in [1.82, 2.24) is 15.1 Å². The molecule has 19 heavy (non-hydrogen) atoms. The lowest BCUT2D eigenvalue weighted by molar-refractivity contribution is 0.605. The van der Waals surface area contributed by atoms with Crippen LogP contribution in [0.2, 0.25) is 0 Å². The first-order chi connectivity index (χ1) is 9.15. The van der Waals surface area contributed by atoms with Gasteiger partial charge in [-0.25, -0.2) is 4.39 Å². The summed E-state index contributed by atoms with van der Waals surface area (Å²) >= 11 is 0. The van der Waals surface area contributed by atoms with E-state index in [0.29, 0.717) is 5.56 Å². The zero-order chi connectivity index (χ0) is 13.8. The normalized spacial score (nSPS) is 12.6. The Bertz CT molecular complexity index is 548. The molecule has 0 spiro atoms. The van der Waals surface area contributed by atoms with Gasteiger partial charge in [0.05, 0.1) is 12.2 Å². The minimum Gasteiger partial charge on any atom is -0.306 e. The van der Waals surface area contributed by atoms with Crippen LogP contribution < -0.4 is 5.32 Å². The molecule has 2 rings (SSSR count). The van der Waals surface area contributed by atoms with E-state index in [0.717, 1.165) is 24.2 Å². The Kier molecular flexibility index (Phi) is 4.32. The SMILES string of the molecule is CCNC(c1ccc(F)c(C)c1)c1cnn(CC)c1. The van der Waals surface area contributed by atoms with Crippen molar-refractivity contribution in [2.24, 2.45) is 0 Å². The van der Waals surface area contributed by atoms with Crippen LogP contribution in [0.5, 0.6) is 0 Å². The standard InChI is InChI=1S/C15H20FN3/c1-4-17-15(13-9-18-19(5-2)10-13)12-6-7-14(16)11(3)8-12/h6-10,15,17H,4-5H2,1-3H3. The van der Waals surface area contributed by atoms with E-state index >= 15 is 0 Å². The summed E-state index contributed by atoms with van der Waals surface area (Å²) in [5.74, 6) is -0.164. The topological polar surface area (TPSA) is 29.9 Å². The second-order valence-corrected chi connectivity index (χ2v) is 4.63. The Morgan fingerprint density at radius 3 is 2.68 bits per heavy atom. The highest BCUT2D eigenvalue weighted by Gasteiger charge is 2.15. The van der Waals surface area contributed by atoms with Crippen LogP contribution in [0.1, 0.15) is 36.6 Å². The molecule has 0 aliphatic carbocycles.